The Morgan fingerprint density at radius 3 is 2.80 bits per heavy atom. The van der Waals surface area contributed by atoms with Crippen molar-refractivity contribution >= 4 is 40.4 Å². The highest BCUT2D eigenvalue weighted by molar-refractivity contribution is 7.99. The Hall–Kier alpha value is -1.86. The Balaban J connectivity index is 1.87. The highest BCUT2D eigenvalue weighted by Crippen LogP contribution is 2.23. The van der Waals surface area contributed by atoms with Gasteiger partial charge in [0.1, 0.15) is 5.69 Å². The first-order valence-corrected chi connectivity index (χ1v) is 7.83. The molecule has 0 radical (unpaired) electrons. The third-order valence-corrected chi connectivity index (χ3v) is 4.47. The van der Waals surface area contributed by atoms with Crippen LogP contribution in [0.15, 0.2) is 41.8 Å². The Kier molecular flexibility index (Phi) is 5.14. The van der Waals surface area contributed by atoms with Gasteiger partial charge in [-0.15, -0.1) is 23.1 Å². The molecule has 0 saturated heterocycles. The van der Waals surface area contributed by atoms with Crippen molar-refractivity contribution in [3.8, 4) is 0 Å². The van der Waals surface area contributed by atoms with Crippen molar-refractivity contribution in [3.63, 3.8) is 0 Å². The predicted octanol–water partition coefficient (Wildman–Crippen LogP) is 3.53. The Bertz CT molecular complexity index is 599. The first-order valence-electron chi connectivity index (χ1n) is 5.80. The summed E-state index contributed by atoms with van der Waals surface area (Å²) < 4.78 is 0. The summed E-state index contributed by atoms with van der Waals surface area (Å²) >= 11 is 3.12. The van der Waals surface area contributed by atoms with Crippen molar-refractivity contribution in [3.05, 3.63) is 56.8 Å². The van der Waals surface area contributed by atoms with Gasteiger partial charge in [-0.1, -0.05) is 18.2 Å². The predicted molar refractivity (Wildman–Crippen MR) is 82.2 cm³/mol. The van der Waals surface area contributed by atoms with E-state index in [2.05, 4.69) is 5.32 Å². The standard InChI is InChI=1S/C13H12N2O3S2/c16-13(9-19-8-10-4-3-7-20-10)14-11-5-1-2-6-12(11)15(17)18/h1-7H,8-9H2,(H,14,16). The van der Waals surface area contributed by atoms with Gasteiger partial charge in [0.25, 0.3) is 5.69 Å². The van der Waals surface area contributed by atoms with Gasteiger partial charge in [0.05, 0.1) is 10.7 Å². The van der Waals surface area contributed by atoms with Gasteiger partial charge in [-0.25, -0.2) is 0 Å². The molecule has 0 saturated carbocycles. The smallest absolute Gasteiger partial charge is 0.292 e. The summed E-state index contributed by atoms with van der Waals surface area (Å²) in [7, 11) is 0. The summed E-state index contributed by atoms with van der Waals surface area (Å²) in [5.41, 5.74) is 0.142. The van der Waals surface area contributed by atoms with E-state index in [-0.39, 0.29) is 23.0 Å². The van der Waals surface area contributed by atoms with Crippen LogP contribution in [0, 0.1) is 10.1 Å². The van der Waals surface area contributed by atoms with Crippen molar-refractivity contribution < 1.29 is 9.72 Å². The molecule has 7 heteroatoms. The van der Waals surface area contributed by atoms with E-state index in [1.165, 1.54) is 28.8 Å². The number of para-hydroxylation sites is 2. The van der Waals surface area contributed by atoms with Gasteiger partial charge in [-0.05, 0) is 17.5 Å². The SMILES string of the molecule is O=C(CSCc1cccs1)Nc1ccccc1[N+](=O)[O-]. The summed E-state index contributed by atoms with van der Waals surface area (Å²) in [5, 5.41) is 15.4. The lowest BCUT2D eigenvalue weighted by molar-refractivity contribution is -0.383. The number of carbonyl (C=O) groups is 1. The fourth-order valence-electron chi connectivity index (χ4n) is 1.56. The van der Waals surface area contributed by atoms with Crippen molar-refractivity contribution in [2.75, 3.05) is 11.1 Å². The average molecular weight is 308 g/mol. The van der Waals surface area contributed by atoms with Crippen LogP contribution in [0.25, 0.3) is 0 Å². The number of nitrogens with zero attached hydrogens (tertiary/aromatic N) is 1. The molecule has 5 nitrogen and oxygen atoms in total. The molecule has 0 aliphatic heterocycles. The third-order valence-electron chi connectivity index (χ3n) is 2.43. The van der Waals surface area contributed by atoms with Crippen LogP contribution in [0.5, 0.6) is 0 Å². The largest absolute Gasteiger partial charge is 0.320 e. The number of hydrogen-bond donors (Lipinski definition) is 1. The Labute approximate surface area is 124 Å². The molecule has 0 aliphatic rings. The number of anilines is 1. The van der Waals surface area contributed by atoms with Crippen LogP contribution in [-0.4, -0.2) is 16.6 Å². The van der Waals surface area contributed by atoms with Gasteiger partial charge in [0, 0.05) is 16.7 Å². The van der Waals surface area contributed by atoms with Crippen LogP contribution >= 0.6 is 23.1 Å². The molecule has 0 aliphatic carbocycles. The molecule has 2 rings (SSSR count). The fourth-order valence-corrected chi connectivity index (χ4v) is 3.23. The van der Waals surface area contributed by atoms with Crippen molar-refractivity contribution in [2.24, 2.45) is 0 Å². The molecule has 2 aromatic rings. The summed E-state index contributed by atoms with van der Waals surface area (Å²) in [6.07, 6.45) is 0. The maximum Gasteiger partial charge on any atom is 0.292 e. The number of carbonyl (C=O) groups excluding carboxylic acids is 1. The zero-order valence-electron chi connectivity index (χ0n) is 10.4. The second kappa shape index (κ2) is 7.06. The normalized spacial score (nSPS) is 10.2. The van der Waals surface area contributed by atoms with E-state index in [9.17, 15) is 14.9 Å². The highest BCUT2D eigenvalue weighted by atomic mass is 32.2. The number of hydrogen-bond acceptors (Lipinski definition) is 5. The second-order valence-corrected chi connectivity index (χ2v) is 5.91. The van der Waals surface area contributed by atoms with Crippen LogP contribution in [0.2, 0.25) is 0 Å². The van der Waals surface area contributed by atoms with E-state index in [1.54, 1.807) is 23.5 Å². The molecule has 1 N–H and O–H groups in total. The van der Waals surface area contributed by atoms with E-state index in [0.29, 0.717) is 0 Å². The van der Waals surface area contributed by atoms with E-state index in [0.717, 1.165) is 5.75 Å². The van der Waals surface area contributed by atoms with Gasteiger partial charge in [0.2, 0.25) is 5.91 Å². The molecule has 0 unspecified atom stereocenters. The monoisotopic (exact) mass is 308 g/mol. The molecule has 104 valence electrons. The maximum atomic E-state index is 11.8. The summed E-state index contributed by atoms with van der Waals surface area (Å²) in [5.74, 6) is 0.798. The number of thioether (sulfide) groups is 1. The first kappa shape index (κ1) is 14.5. The Morgan fingerprint density at radius 2 is 2.10 bits per heavy atom. The minimum atomic E-state index is -0.506. The molecule has 1 heterocycles. The molecule has 20 heavy (non-hydrogen) atoms. The topological polar surface area (TPSA) is 72.2 Å². The molecule has 1 amide bonds. The second-order valence-electron chi connectivity index (χ2n) is 3.89. The molecule has 0 bridgehead atoms. The van der Waals surface area contributed by atoms with E-state index >= 15 is 0 Å². The zero-order chi connectivity index (χ0) is 14.4. The van der Waals surface area contributed by atoms with Crippen LogP contribution in [0.3, 0.4) is 0 Å². The van der Waals surface area contributed by atoms with Crippen molar-refractivity contribution in [1.29, 1.82) is 0 Å². The molecular weight excluding hydrogens is 296 g/mol. The summed E-state index contributed by atoms with van der Waals surface area (Å²) in [6.45, 7) is 0. The van der Waals surface area contributed by atoms with E-state index in [1.807, 2.05) is 17.5 Å². The summed E-state index contributed by atoms with van der Waals surface area (Å²) in [6, 6.07) is 10.1. The van der Waals surface area contributed by atoms with Gasteiger partial charge < -0.3 is 5.32 Å². The molecule has 0 fully saturated rings. The van der Waals surface area contributed by atoms with Gasteiger partial charge in [0.15, 0.2) is 0 Å². The number of nitro groups is 1. The Morgan fingerprint density at radius 1 is 1.30 bits per heavy atom. The highest BCUT2D eigenvalue weighted by Gasteiger charge is 2.14. The minimum absolute atomic E-state index is 0.0934. The fraction of sp³-hybridized carbons (Fsp3) is 0.154. The van der Waals surface area contributed by atoms with Crippen LogP contribution < -0.4 is 5.32 Å². The van der Waals surface area contributed by atoms with Gasteiger partial charge in [-0.3, -0.25) is 14.9 Å². The van der Waals surface area contributed by atoms with Crippen LogP contribution in [0.1, 0.15) is 4.88 Å². The van der Waals surface area contributed by atoms with Crippen molar-refractivity contribution in [2.45, 2.75) is 5.75 Å². The number of nitrogens with one attached hydrogen (secondary N) is 1. The third kappa shape index (κ3) is 4.07. The lowest BCUT2D eigenvalue weighted by Gasteiger charge is -2.05. The number of benzene rings is 1. The van der Waals surface area contributed by atoms with Crippen molar-refractivity contribution in [1.82, 2.24) is 0 Å². The molecule has 1 aromatic heterocycles. The van der Waals surface area contributed by atoms with Gasteiger partial charge in [-0.2, -0.15) is 0 Å². The van der Waals surface area contributed by atoms with Crippen LogP contribution in [-0.2, 0) is 10.5 Å². The maximum absolute atomic E-state index is 11.8. The molecule has 0 atom stereocenters. The average Bonchev–Trinajstić information content (AvgIpc) is 2.92. The lowest BCUT2D eigenvalue weighted by Crippen LogP contribution is -2.15. The minimum Gasteiger partial charge on any atom is -0.320 e. The molecule has 0 spiro atoms. The number of thiophene rings is 1. The summed E-state index contributed by atoms with van der Waals surface area (Å²) in [4.78, 5) is 23.3. The zero-order valence-corrected chi connectivity index (χ0v) is 12.1. The molecular formula is C13H12N2O3S2. The number of nitro benzene ring substituents is 1. The lowest BCUT2D eigenvalue weighted by atomic mass is 10.2. The first-order chi connectivity index (χ1) is 9.66. The van der Waals surface area contributed by atoms with Crippen LogP contribution in [0.4, 0.5) is 11.4 Å². The quantitative estimate of drug-likeness (QED) is 0.654. The number of rotatable bonds is 6. The van der Waals surface area contributed by atoms with E-state index in [4.69, 9.17) is 0 Å². The number of amides is 1. The van der Waals surface area contributed by atoms with Gasteiger partial charge >= 0.3 is 0 Å². The molecule has 1 aromatic carbocycles. The van der Waals surface area contributed by atoms with E-state index < -0.39 is 4.92 Å².